The maximum absolute atomic E-state index is 7.21. The molecular weight excluding hydrogens is 649 g/mol. The SMILES string of the molecule is c1ccc2c(c1)Oc1c(ccc3c1c1ccccc1n3-c1ccc3oc4ccccc4c3c1)C21c2ccccc2-n2c3ccccc3c3cccc1c32. The highest BCUT2D eigenvalue weighted by Gasteiger charge is 2.50. The molecule has 13 rings (SSSR count). The first kappa shape index (κ1) is 27.7. The second-order valence-corrected chi connectivity index (χ2v) is 14.4. The van der Waals surface area contributed by atoms with E-state index in [0.717, 1.165) is 72.1 Å². The minimum absolute atomic E-state index is 0.628. The maximum Gasteiger partial charge on any atom is 0.142 e. The lowest BCUT2D eigenvalue weighted by Gasteiger charge is -2.45. The van der Waals surface area contributed by atoms with E-state index in [2.05, 4.69) is 167 Å². The lowest BCUT2D eigenvalue weighted by Crippen LogP contribution is -2.37. The summed E-state index contributed by atoms with van der Waals surface area (Å²) in [5.41, 5.74) is 13.0. The van der Waals surface area contributed by atoms with Gasteiger partial charge in [0.1, 0.15) is 22.7 Å². The zero-order chi connectivity index (χ0) is 34.4. The predicted molar refractivity (Wildman–Crippen MR) is 214 cm³/mol. The highest BCUT2D eigenvalue weighted by atomic mass is 16.5. The molecule has 2 aliphatic heterocycles. The molecule has 0 N–H and O–H groups in total. The monoisotopic (exact) mass is 676 g/mol. The van der Waals surface area contributed by atoms with E-state index in [1.54, 1.807) is 0 Å². The van der Waals surface area contributed by atoms with Crippen molar-refractivity contribution in [2.45, 2.75) is 5.41 Å². The summed E-state index contributed by atoms with van der Waals surface area (Å²) in [4.78, 5) is 0. The number of rotatable bonds is 1. The number of ether oxygens (including phenoxy) is 1. The molecule has 5 heterocycles. The van der Waals surface area contributed by atoms with Crippen molar-refractivity contribution in [1.29, 1.82) is 0 Å². The molecule has 53 heavy (non-hydrogen) atoms. The first-order valence-electron chi connectivity index (χ1n) is 18.2. The molecule has 0 aliphatic carbocycles. The Morgan fingerprint density at radius 1 is 0.415 bits per heavy atom. The van der Waals surface area contributed by atoms with Gasteiger partial charge in [-0.3, -0.25) is 0 Å². The average Bonchev–Trinajstić information content (AvgIpc) is 3.88. The molecule has 0 radical (unpaired) electrons. The van der Waals surface area contributed by atoms with E-state index in [9.17, 15) is 0 Å². The Bertz CT molecular complexity index is 3400. The molecule has 4 heteroatoms. The first-order valence-corrected chi connectivity index (χ1v) is 18.2. The maximum atomic E-state index is 7.21. The molecule has 3 aromatic heterocycles. The Hall–Kier alpha value is -7.04. The summed E-state index contributed by atoms with van der Waals surface area (Å²) in [5, 5.41) is 7.01. The highest BCUT2D eigenvalue weighted by molar-refractivity contribution is 6.16. The zero-order valence-corrected chi connectivity index (χ0v) is 28.4. The number of hydrogen-bond acceptors (Lipinski definition) is 2. The number of benzene rings is 8. The molecule has 8 aromatic carbocycles. The van der Waals surface area contributed by atoms with Crippen molar-refractivity contribution >= 4 is 65.6 Å². The number of nitrogens with zero attached hydrogens (tertiary/aromatic N) is 2. The summed E-state index contributed by atoms with van der Waals surface area (Å²) >= 11 is 0. The van der Waals surface area contributed by atoms with Crippen LogP contribution in [0.25, 0.3) is 76.9 Å². The molecule has 1 unspecified atom stereocenters. The summed E-state index contributed by atoms with van der Waals surface area (Å²) < 4.78 is 18.3. The van der Waals surface area contributed by atoms with Gasteiger partial charge in [0, 0.05) is 43.7 Å². The lowest BCUT2D eigenvalue weighted by molar-refractivity contribution is 0.439. The topological polar surface area (TPSA) is 32.2 Å². The molecule has 0 saturated carbocycles. The van der Waals surface area contributed by atoms with Crippen LogP contribution in [0.4, 0.5) is 0 Å². The summed E-state index contributed by atoms with van der Waals surface area (Å²) in [5.74, 6) is 1.79. The molecule has 0 bridgehead atoms. The molecule has 0 fully saturated rings. The highest BCUT2D eigenvalue weighted by Crippen LogP contribution is 2.62. The average molecular weight is 677 g/mol. The normalized spacial score (nSPS) is 15.8. The van der Waals surface area contributed by atoms with E-state index in [4.69, 9.17) is 9.15 Å². The molecule has 1 atom stereocenters. The fraction of sp³-hybridized carbons (Fsp3) is 0.0204. The first-order chi connectivity index (χ1) is 26.3. The summed E-state index contributed by atoms with van der Waals surface area (Å²) in [6.07, 6.45) is 0. The number of hydrogen-bond donors (Lipinski definition) is 0. The number of para-hydroxylation sites is 6. The molecule has 11 aromatic rings. The van der Waals surface area contributed by atoms with E-state index < -0.39 is 5.41 Å². The smallest absolute Gasteiger partial charge is 0.142 e. The van der Waals surface area contributed by atoms with Gasteiger partial charge in [-0.2, -0.15) is 0 Å². The summed E-state index contributed by atoms with van der Waals surface area (Å²) in [6, 6.07) is 61.5. The van der Waals surface area contributed by atoms with Crippen LogP contribution in [0.3, 0.4) is 0 Å². The van der Waals surface area contributed by atoms with Crippen LogP contribution in [0.15, 0.2) is 174 Å². The van der Waals surface area contributed by atoms with Gasteiger partial charge in [0.25, 0.3) is 0 Å². The molecule has 0 amide bonds. The van der Waals surface area contributed by atoms with Crippen LogP contribution in [0, 0.1) is 0 Å². The number of aromatic nitrogens is 2. The summed E-state index contributed by atoms with van der Waals surface area (Å²) in [7, 11) is 0. The Morgan fingerprint density at radius 2 is 1.09 bits per heavy atom. The van der Waals surface area contributed by atoms with E-state index in [-0.39, 0.29) is 0 Å². The van der Waals surface area contributed by atoms with E-state index in [0.29, 0.717) is 0 Å². The quantitative estimate of drug-likeness (QED) is 0.173. The predicted octanol–water partition coefficient (Wildman–Crippen LogP) is 12.6. The van der Waals surface area contributed by atoms with Crippen molar-refractivity contribution in [1.82, 2.24) is 9.13 Å². The Labute approximate surface area is 303 Å². The summed E-state index contributed by atoms with van der Waals surface area (Å²) in [6.45, 7) is 0. The van der Waals surface area contributed by atoms with Gasteiger partial charge in [-0.1, -0.05) is 115 Å². The minimum Gasteiger partial charge on any atom is -0.456 e. The van der Waals surface area contributed by atoms with Gasteiger partial charge in [-0.15, -0.1) is 0 Å². The van der Waals surface area contributed by atoms with Gasteiger partial charge in [0.15, 0.2) is 0 Å². The molecule has 0 saturated heterocycles. The van der Waals surface area contributed by atoms with E-state index >= 15 is 0 Å². The van der Waals surface area contributed by atoms with Crippen molar-refractivity contribution < 1.29 is 9.15 Å². The number of fused-ring (bicyclic) bond motifs is 18. The van der Waals surface area contributed by atoms with Crippen LogP contribution in [0.2, 0.25) is 0 Å². The van der Waals surface area contributed by atoms with Gasteiger partial charge >= 0.3 is 0 Å². The van der Waals surface area contributed by atoms with Gasteiger partial charge in [0.2, 0.25) is 0 Å². The van der Waals surface area contributed by atoms with Crippen LogP contribution in [-0.2, 0) is 5.41 Å². The third kappa shape index (κ3) is 3.24. The van der Waals surface area contributed by atoms with E-state index in [1.807, 2.05) is 12.1 Å². The van der Waals surface area contributed by atoms with Crippen LogP contribution in [0.5, 0.6) is 11.5 Å². The van der Waals surface area contributed by atoms with Gasteiger partial charge < -0.3 is 18.3 Å². The fourth-order valence-electron chi connectivity index (χ4n) is 9.96. The van der Waals surface area contributed by atoms with Gasteiger partial charge in [0.05, 0.1) is 38.6 Å². The van der Waals surface area contributed by atoms with Gasteiger partial charge in [-0.05, 0) is 65.7 Å². The van der Waals surface area contributed by atoms with Crippen LogP contribution < -0.4 is 4.74 Å². The zero-order valence-electron chi connectivity index (χ0n) is 28.4. The minimum atomic E-state index is -0.628. The third-order valence-corrected chi connectivity index (χ3v) is 12.0. The van der Waals surface area contributed by atoms with Gasteiger partial charge in [-0.25, -0.2) is 0 Å². The Balaban J connectivity index is 1.19. The van der Waals surface area contributed by atoms with Crippen LogP contribution in [-0.4, -0.2) is 9.13 Å². The second-order valence-electron chi connectivity index (χ2n) is 14.4. The molecule has 2 aliphatic rings. The van der Waals surface area contributed by atoms with Crippen molar-refractivity contribution in [3.05, 3.63) is 192 Å². The number of furan rings is 1. The largest absolute Gasteiger partial charge is 0.456 e. The molecule has 4 nitrogen and oxygen atoms in total. The molecule has 1 spiro atoms. The molecular formula is C49H28N2O2. The Kier molecular flexibility index (Phi) is 5.03. The third-order valence-electron chi connectivity index (χ3n) is 12.0. The standard InChI is InChI=1S/C49H28N2O2/c1-6-19-39-30(12-1)32-15-11-18-37-47(32)51(39)41-21-8-4-16-35(41)49(37)36-17-5-10-23-45(36)53-48-38(49)25-26-42-46(48)33-14-2-7-20-40(33)50(42)29-24-27-44-34(28-29)31-13-3-9-22-43(31)52-44/h1-28H. The fourth-order valence-corrected chi connectivity index (χ4v) is 9.96. The molecule has 246 valence electrons. The van der Waals surface area contributed by atoms with Crippen molar-refractivity contribution in [2.24, 2.45) is 0 Å². The second kappa shape index (κ2) is 9.64. The van der Waals surface area contributed by atoms with Crippen LogP contribution in [0.1, 0.15) is 22.3 Å². The lowest BCUT2D eigenvalue weighted by atomic mass is 9.61. The van der Waals surface area contributed by atoms with E-state index in [1.165, 1.54) is 38.6 Å². The van der Waals surface area contributed by atoms with Crippen molar-refractivity contribution in [3.8, 4) is 22.9 Å². The van der Waals surface area contributed by atoms with Crippen molar-refractivity contribution in [2.75, 3.05) is 0 Å². The van der Waals surface area contributed by atoms with Crippen LogP contribution >= 0.6 is 0 Å². The van der Waals surface area contributed by atoms with Crippen molar-refractivity contribution in [3.63, 3.8) is 0 Å². The Morgan fingerprint density at radius 3 is 2.00 bits per heavy atom.